The second-order valence-corrected chi connectivity index (χ2v) is 10.1. The molecule has 5 heteroatoms. The number of ether oxygens (including phenoxy) is 2. The zero-order valence-corrected chi connectivity index (χ0v) is 22.2. The number of carbonyl (C=O) groups excluding carboxylic acids is 1. The Labute approximate surface area is 215 Å². The molecule has 194 valence electrons. The third-order valence-electron chi connectivity index (χ3n) is 6.21. The summed E-state index contributed by atoms with van der Waals surface area (Å²) in [5.74, 6) is 0.260. The van der Waals surface area contributed by atoms with Crippen LogP contribution in [0.3, 0.4) is 0 Å². The van der Waals surface area contributed by atoms with Crippen molar-refractivity contribution >= 4 is 5.97 Å². The number of aromatic hydroxyl groups is 1. The van der Waals surface area contributed by atoms with Crippen LogP contribution >= 0.6 is 0 Å². The molecule has 0 aliphatic heterocycles. The van der Waals surface area contributed by atoms with E-state index in [2.05, 4.69) is 40.3 Å². The highest BCUT2D eigenvalue weighted by molar-refractivity contribution is 5.90. The summed E-state index contributed by atoms with van der Waals surface area (Å²) in [5.41, 5.74) is 2.17. The molecule has 0 saturated carbocycles. The average molecular weight is 493 g/mol. The van der Waals surface area contributed by atoms with Crippen LogP contribution in [-0.4, -0.2) is 35.5 Å². The van der Waals surface area contributed by atoms with Gasteiger partial charge in [-0.25, -0.2) is 4.79 Å². The molecule has 0 radical (unpaired) electrons. The maximum atomic E-state index is 12.4. The quantitative estimate of drug-likeness (QED) is 0.135. The molecule has 2 unspecified atom stereocenters. The monoisotopic (exact) mass is 492 g/mol. The van der Waals surface area contributed by atoms with Gasteiger partial charge >= 0.3 is 5.97 Å². The molecule has 0 saturated heterocycles. The van der Waals surface area contributed by atoms with E-state index in [4.69, 9.17) is 9.47 Å². The normalized spacial score (nSPS) is 14.8. The average Bonchev–Trinajstić information content (AvgIpc) is 2.85. The van der Waals surface area contributed by atoms with Gasteiger partial charge in [-0.15, -0.1) is 0 Å². The molecule has 0 bridgehead atoms. The van der Waals surface area contributed by atoms with Gasteiger partial charge in [0.2, 0.25) is 0 Å². The number of hydrogen-bond donors (Lipinski definition) is 2. The lowest BCUT2D eigenvalue weighted by molar-refractivity contribution is 0.00369. The highest BCUT2D eigenvalue weighted by atomic mass is 16.5. The van der Waals surface area contributed by atoms with Crippen LogP contribution in [-0.2, 0) is 9.47 Å². The Bertz CT molecular complexity index is 1050. The summed E-state index contributed by atoms with van der Waals surface area (Å²) < 4.78 is 11.1. The molecule has 0 aromatic heterocycles. The molecule has 0 heterocycles. The summed E-state index contributed by atoms with van der Waals surface area (Å²) in [6.45, 7) is 14.5. The second-order valence-electron chi connectivity index (χ2n) is 10.1. The maximum Gasteiger partial charge on any atom is 0.338 e. The highest BCUT2D eigenvalue weighted by Gasteiger charge is 2.28. The van der Waals surface area contributed by atoms with Crippen molar-refractivity contribution in [1.29, 1.82) is 0 Å². The topological polar surface area (TPSA) is 76.0 Å². The lowest BCUT2D eigenvalue weighted by Gasteiger charge is -2.33. The van der Waals surface area contributed by atoms with Gasteiger partial charge in [0.15, 0.2) is 0 Å². The molecule has 0 spiro atoms. The van der Waals surface area contributed by atoms with E-state index in [9.17, 15) is 15.0 Å². The summed E-state index contributed by atoms with van der Waals surface area (Å²) in [6.07, 6.45) is 8.88. The largest absolute Gasteiger partial charge is 0.508 e. The van der Waals surface area contributed by atoms with Crippen LogP contribution in [0.1, 0.15) is 57.8 Å². The van der Waals surface area contributed by atoms with E-state index >= 15 is 0 Å². The first-order valence-electron chi connectivity index (χ1n) is 12.4. The molecule has 2 atom stereocenters. The van der Waals surface area contributed by atoms with E-state index in [1.165, 1.54) is 0 Å². The summed E-state index contributed by atoms with van der Waals surface area (Å²) in [6, 6.07) is 13.8. The molecule has 0 fully saturated rings. The highest BCUT2D eigenvalue weighted by Crippen LogP contribution is 2.39. The molecule has 2 aromatic rings. The Hall–Kier alpha value is -3.31. The van der Waals surface area contributed by atoms with Crippen molar-refractivity contribution in [2.45, 2.75) is 53.6 Å². The van der Waals surface area contributed by atoms with E-state index in [0.29, 0.717) is 11.3 Å². The third kappa shape index (κ3) is 9.04. The SMILES string of the molecule is C=C/C(=C\C(C)(/C=C\C)CC(C)(C)CC)OCC(O)COC(=O)c1ccc(-c2ccc(O)cc2)cc1. The predicted molar refractivity (Wildman–Crippen MR) is 146 cm³/mol. The standard InChI is InChI=1S/C31H40O5/c1-7-18-31(6,22-30(4,5)9-3)19-28(8-2)35-20-27(33)21-36-29(34)25-12-10-23(11-13-25)24-14-16-26(32)17-15-24/h7-8,10-19,27,32-33H,2,9,20-22H2,1,3-6H3/b18-7-,28-19+. The summed E-state index contributed by atoms with van der Waals surface area (Å²) in [5, 5.41) is 19.8. The van der Waals surface area contributed by atoms with Gasteiger partial charge in [-0.05, 0) is 66.3 Å². The van der Waals surface area contributed by atoms with E-state index in [-0.39, 0.29) is 29.8 Å². The number of carbonyl (C=O) groups is 1. The Morgan fingerprint density at radius 1 is 1.00 bits per heavy atom. The minimum Gasteiger partial charge on any atom is -0.508 e. The zero-order chi connectivity index (χ0) is 26.8. The fourth-order valence-electron chi connectivity index (χ4n) is 4.13. The van der Waals surface area contributed by atoms with E-state index in [1.54, 1.807) is 42.5 Å². The lowest BCUT2D eigenvalue weighted by atomic mass is 9.72. The first kappa shape index (κ1) is 28.9. The Morgan fingerprint density at radius 2 is 1.56 bits per heavy atom. The maximum absolute atomic E-state index is 12.4. The van der Waals surface area contributed by atoms with Gasteiger partial charge in [-0.3, -0.25) is 0 Å². The minimum absolute atomic E-state index is 0.0198. The lowest BCUT2D eigenvalue weighted by Crippen LogP contribution is -2.25. The molecule has 2 aromatic carbocycles. The number of allylic oxidation sites excluding steroid dienone is 4. The summed E-state index contributed by atoms with van der Waals surface area (Å²) in [4.78, 5) is 12.4. The summed E-state index contributed by atoms with van der Waals surface area (Å²) in [7, 11) is 0. The van der Waals surface area contributed by atoms with E-state index in [0.717, 1.165) is 24.0 Å². The van der Waals surface area contributed by atoms with Crippen LogP contribution in [0.4, 0.5) is 0 Å². The van der Waals surface area contributed by atoms with Crippen molar-refractivity contribution in [2.24, 2.45) is 10.8 Å². The minimum atomic E-state index is -0.978. The van der Waals surface area contributed by atoms with Crippen LogP contribution in [0.2, 0.25) is 0 Å². The number of aliphatic hydroxyl groups excluding tert-OH is 1. The van der Waals surface area contributed by atoms with Crippen molar-refractivity contribution in [2.75, 3.05) is 13.2 Å². The first-order valence-corrected chi connectivity index (χ1v) is 12.4. The second kappa shape index (κ2) is 13.1. The van der Waals surface area contributed by atoms with Gasteiger partial charge in [0.05, 0.1) is 5.56 Å². The number of benzene rings is 2. The molecule has 0 aliphatic rings. The van der Waals surface area contributed by atoms with Gasteiger partial charge < -0.3 is 19.7 Å². The number of phenolic OH excluding ortho intramolecular Hbond substituents is 1. The smallest absolute Gasteiger partial charge is 0.338 e. The fourth-order valence-corrected chi connectivity index (χ4v) is 4.13. The van der Waals surface area contributed by atoms with Gasteiger partial charge in [-0.1, -0.05) is 77.1 Å². The van der Waals surface area contributed by atoms with Gasteiger partial charge in [0, 0.05) is 5.41 Å². The number of aliphatic hydroxyl groups is 1. The molecular weight excluding hydrogens is 452 g/mol. The molecule has 2 rings (SSSR count). The molecule has 5 nitrogen and oxygen atoms in total. The Balaban J connectivity index is 1.92. The van der Waals surface area contributed by atoms with Gasteiger partial charge in [0.25, 0.3) is 0 Å². The number of rotatable bonds is 13. The van der Waals surface area contributed by atoms with Crippen molar-refractivity contribution in [3.8, 4) is 16.9 Å². The van der Waals surface area contributed by atoms with Gasteiger partial charge in [0.1, 0.15) is 30.8 Å². The van der Waals surface area contributed by atoms with Crippen molar-refractivity contribution in [1.82, 2.24) is 0 Å². The molecule has 2 N–H and O–H groups in total. The number of esters is 1. The summed E-state index contributed by atoms with van der Waals surface area (Å²) >= 11 is 0. The van der Waals surface area contributed by atoms with Crippen LogP contribution < -0.4 is 0 Å². The van der Waals surface area contributed by atoms with Crippen molar-refractivity contribution < 1.29 is 24.5 Å². The van der Waals surface area contributed by atoms with Crippen LogP contribution in [0.25, 0.3) is 11.1 Å². The van der Waals surface area contributed by atoms with Crippen molar-refractivity contribution in [3.63, 3.8) is 0 Å². The predicted octanol–water partition coefficient (Wildman–Crippen LogP) is 7.07. The Morgan fingerprint density at radius 3 is 2.08 bits per heavy atom. The van der Waals surface area contributed by atoms with Crippen LogP contribution in [0.15, 0.2) is 85.2 Å². The van der Waals surface area contributed by atoms with E-state index < -0.39 is 12.1 Å². The van der Waals surface area contributed by atoms with E-state index in [1.807, 2.05) is 31.2 Å². The molecule has 0 aliphatic carbocycles. The van der Waals surface area contributed by atoms with Gasteiger partial charge in [-0.2, -0.15) is 0 Å². The zero-order valence-electron chi connectivity index (χ0n) is 22.2. The number of hydrogen-bond acceptors (Lipinski definition) is 5. The van der Waals surface area contributed by atoms with Crippen LogP contribution in [0.5, 0.6) is 5.75 Å². The molecular formula is C31H40O5. The van der Waals surface area contributed by atoms with Crippen molar-refractivity contribution in [3.05, 3.63) is 90.7 Å². The number of phenols is 1. The fraction of sp³-hybridized carbons (Fsp3) is 0.387. The first-order chi connectivity index (χ1) is 17.0. The Kier molecular flexibility index (Phi) is 10.5. The molecule has 0 amide bonds. The third-order valence-corrected chi connectivity index (χ3v) is 6.21. The molecule has 36 heavy (non-hydrogen) atoms. The van der Waals surface area contributed by atoms with Crippen LogP contribution in [0, 0.1) is 10.8 Å².